The average molecular weight is 891 g/mol. The van der Waals surface area contributed by atoms with E-state index in [0.717, 1.165) is 38.3 Å². The van der Waals surface area contributed by atoms with E-state index in [1.54, 1.807) is 11.3 Å². The Labute approximate surface area is 389 Å². The number of thiophene rings is 2. The van der Waals surface area contributed by atoms with Crippen molar-refractivity contribution in [1.29, 1.82) is 5.26 Å². The van der Waals surface area contributed by atoms with Crippen molar-refractivity contribution in [3.8, 4) is 16.5 Å². The highest BCUT2D eigenvalue weighted by Crippen LogP contribution is 2.67. The zero-order valence-electron chi connectivity index (χ0n) is 39.5. The summed E-state index contributed by atoms with van der Waals surface area (Å²) in [6, 6.07) is 21.2. The van der Waals surface area contributed by atoms with E-state index >= 15 is 0 Å². The molecule has 3 aromatic carbocycles. The zero-order chi connectivity index (χ0) is 45.1. The van der Waals surface area contributed by atoms with Crippen LogP contribution in [0, 0.1) is 11.3 Å². The topological polar surface area (TPSA) is 77.5 Å². The minimum Gasteiger partial charge on any atom is -0.477 e. The predicted octanol–water partition coefficient (Wildman–Crippen LogP) is 17.3. The highest BCUT2D eigenvalue weighted by molar-refractivity contribution is 7.29. The lowest BCUT2D eigenvalue weighted by Crippen LogP contribution is -2.44. The van der Waals surface area contributed by atoms with Crippen LogP contribution in [-0.2, 0) is 33.9 Å². The maximum absolute atomic E-state index is 11.6. The molecule has 64 heavy (non-hydrogen) atoms. The third-order valence-corrected chi connectivity index (χ3v) is 17.5. The molecule has 9 rings (SSSR count). The molecule has 0 bridgehead atoms. The van der Waals surface area contributed by atoms with Gasteiger partial charge in [-0.1, -0.05) is 157 Å². The molecule has 6 heterocycles. The summed E-state index contributed by atoms with van der Waals surface area (Å²) in [4.78, 5) is 16.2. The van der Waals surface area contributed by atoms with Crippen molar-refractivity contribution < 1.29 is 14.3 Å². The van der Waals surface area contributed by atoms with Gasteiger partial charge in [0.25, 0.3) is 0 Å². The fourth-order valence-electron chi connectivity index (χ4n) is 11.2. The first-order chi connectivity index (χ1) is 30.7. The van der Waals surface area contributed by atoms with Crippen LogP contribution in [0.3, 0.4) is 0 Å². The second-order valence-corrected chi connectivity index (χ2v) is 22.8. The van der Waals surface area contributed by atoms with Gasteiger partial charge in [-0.05, 0) is 100 Å². The summed E-state index contributed by atoms with van der Waals surface area (Å²) in [7, 11) is 0. The van der Waals surface area contributed by atoms with Gasteiger partial charge < -0.3 is 14.4 Å². The van der Waals surface area contributed by atoms with E-state index in [0.29, 0.717) is 4.88 Å². The van der Waals surface area contributed by atoms with Gasteiger partial charge in [0.1, 0.15) is 22.8 Å². The quantitative estimate of drug-likeness (QED) is 0.0498. The molecule has 3 aliphatic heterocycles. The van der Waals surface area contributed by atoms with Gasteiger partial charge in [0, 0.05) is 32.1 Å². The first kappa shape index (κ1) is 44.6. The molecule has 7 heteroatoms. The minimum atomic E-state index is -1.22. The smallest absolute Gasteiger partial charge is 0.346 e. The van der Waals surface area contributed by atoms with Crippen LogP contribution in [0.25, 0.3) is 37.1 Å². The second kappa shape index (κ2) is 17.3. The summed E-state index contributed by atoms with van der Waals surface area (Å²) in [5.41, 5.74) is 17.5. The molecule has 0 saturated heterocycles. The molecule has 5 nitrogen and oxygen atoms in total. The number of hydrogen-bond donors (Lipinski definition) is 1. The van der Waals surface area contributed by atoms with E-state index in [9.17, 15) is 15.2 Å². The van der Waals surface area contributed by atoms with Gasteiger partial charge in [0.2, 0.25) is 0 Å². The third-order valence-electron chi connectivity index (χ3n) is 15.1. The Kier molecular flexibility index (Phi) is 12.0. The third kappa shape index (κ3) is 7.55. The lowest BCUT2D eigenvalue weighted by Gasteiger charge is -2.55. The van der Waals surface area contributed by atoms with Gasteiger partial charge in [-0.15, -0.1) is 22.7 Å². The SMILES string of the molecule is CCCCCCCCCc1cc2c3c(c1)C(C)(C)c1cc(-c4cc5oc6cc(/C=C(/C#N)C(=O)O)sc6c5s4)cc4c1N3c1c(cc(CCCCCCCCC)cc1C4(C)C)C2(C)C. The largest absolute Gasteiger partial charge is 0.477 e. The maximum atomic E-state index is 11.6. The number of nitrogens with zero attached hydrogens (tertiary/aromatic N) is 2. The van der Waals surface area contributed by atoms with E-state index in [1.165, 1.54) is 174 Å². The number of carboxylic acids is 1. The lowest BCUT2D eigenvalue weighted by molar-refractivity contribution is -0.132. The first-order valence-corrected chi connectivity index (χ1v) is 26.0. The molecule has 0 aliphatic carbocycles. The molecule has 0 amide bonds. The van der Waals surface area contributed by atoms with Gasteiger partial charge in [0.15, 0.2) is 0 Å². The number of anilines is 3. The fourth-order valence-corrected chi connectivity index (χ4v) is 13.5. The molecule has 3 aromatic heterocycles. The predicted molar refractivity (Wildman–Crippen MR) is 271 cm³/mol. The van der Waals surface area contributed by atoms with Crippen LogP contribution in [0.4, 0.5) is 17.1 Å². The van der Waals surface area contributed by atoms with Crippen LogP contribution in [0.5, 0.6) is 0 Å². The molecule has 6 aromatic rings. The molecule has 0 saturated carbocycles. The van der Waals surface area contributed by atoms with Crippen LogP contribution in [-0.4, -0.2) is 11.1 Å². The van der Waals surface area contributed by atoms with Crippen molar-refractivity contribution in [3.05, 3.63) is 103 Å². The average Bonchev–Trinajstić information content (AvgIpc) is 3.95. The Balaban J connectivity index is 1.17. The van der Waals surface area contributed by atoms with Crippen molar-refractivity contribution in [3.63, 3.8) is 0 Å². The summed E-state index contributed by atoms with van der Waals surface area (Å²) in [5, 5.41) is 18.9. The van der Waals surface area contributed by atoms with E-state index in [-0.39, 0.29) is 21.8 Å². The van der Waals surface area contributed by atoms with Crippen molar-refractivity contribution in [2.75, 3.05) is 4.90 Å². The molecular weight excluding hydrogens is 825 g/mol. The Morgan fingerprint density at radius 2 is 1.02 bits per heavy atom. The summed E-state index contributed by atoms with van der Waals surface area (Å²) < 4.78 is 8.47. The lowest BCUT2D eigenvalue weighted by atomic mass is 9.60. The number of aliphatic carboxylic acids is 1. The van der Waals surface area contributed by atoms with Gasteiger partial charge >= 0.3 is 5.97 Å². The zero-order valence-corrected chi connectivity index (χ0v) is 41.1. The Bertz CT molecular complexity index is 2740. The molecule has 0 spiro atoms. The fraction of sp³-hybridized carbons (Fsp3) is 0.474. The summed E-state index contributed by atoms with van der Waals surface area (Å²) in [6.45, 7) is 19.5. The molecule has 3 aliphatic rings. The molecular formula is C57H66N2O3S2. The summed E-state index contributed by atoms with van der Waals surface area (Å²) >= 11 is 3.22. The number of unbranched alkanes of at least 4 members (excludes halogenated alkanes) is 12. The summed E-state index contributed by atoms with van der Waals surface area (Å²) in [6.07, 6.45) is 22.0. The van der Waals surface area contributed by atoms with Gasteiger partial charge in [-0.2, -0.15) is 5.26 Å². The van der Waals surface area contributed by atoms with E-state index in [2.05, 4.69) is 103 Å². The first-order valence-electron chi connectivity index (χ1n) is 24.4. The second-order valence-electron chi connectivity index (χ2n) is 20.7. The number of furan rings is 1. The minimum absolute atomic E-state index is 0.157. The van der Waals surface area contributed by atoms with Crippen LogP contribution < -0.4 is 4.90 Å². The standard InChI is InChI=1S/C57H66N2O3S2/c1-9-11-13-15-17-19-21-23-35-25-40-49-42(27-35)56(5,6)44-30-37(48-33-47-53(64-48)52-46(62-47)32-39(63-52)29-38(34-58)54(60)61)31-45-51(44)59(49)50-41(55(40,3)4)26-36(28-43(50)57(45,7)8)24-22-20-18-16-14-12-10-2/h25-33H,9-24H2,1-8H3,(H,60,61)/b38-29-. The Morgan fingerprint density at radius 3 is 1.45 bits per heavy atom. The number of carbonyl (C=O) groups is 1. The van der Waals surface area contributed by atoms with Crippen LogP contribution >= 0.6 is 22.7 Å². The van der Waals surface area contributed by atoms with Crippen molar-refractivity contribution >= 4 is 72.3 Å². The normalized spacial score (nSPS) is 16.1. The Hall–Kier alpha value is -4.64. The number of benzene rings is 3. The van der Waals surface area contributed by atoms with Gasteiger partial charge in [-0.3, -0.25) is 0 Å². The molecule has 0 radical (unpaired) electrons. The molecule has 0 atom stereocenters. The highest BCUT2D eigenvalue weighted by Gasteiger charge is 2.52. The molecule has 1 N–H and O–H groups in total. The van der Waals surface area contributed by atoms with E-state index in [1.807, 2.05) is 12.1 Å². The van der Waals surface area contributed by atoms with Crippen LogP contribution in [0.2, 0.25) is 0 Å². The maximum Gasteiger partial charge on any atom is 0.346 e. The number of fused-ring (bicyclic) bond motifs is 3. The number of hydrogen-bond acceptors (Lipinski definition) is 6. The summed E-state index contributed by atoms with van der Waals surface area (Å²) in [5.74, 6) is -1.22. The highest BCUT2D eigenvalue weighted by atomic mass is 32.1. The van der Waals surface area contributed by atoms with E-state index < -0.39 is 5.97 Å². The van der Waals surface area contributed by atoms with Crippen molar-refractivity contribution in [1.82, 2.24) is 0 Å². The van der Waals surface area contributed by atoms with Gasteiger partial charge in [0.05, 0.1) is 26.5 Å². The number of carboxylic acid groups (broad SMARTS) is 1. The number of nitriles is 1. The number of rotatable bonds is 19. The molecule has 0 unspecified atom stereocenters. The van der Waals surface area contributed by atoms with Crippen molar-refractivity contribution in [2.45, 2.75) is 174 Å². The van der Waals surface area contributed by atoms with Crippen LogP contribution in [0.15, 0.2) is 58.5 Å². The number of aryl methyl sites for hydroxylation is 2. The Morgan fingerprint density at radius 1 is 0.609 bits per heavy atom. The monoisotopic (exact) mass is 890 g/mol. The van der Waals surface area contributed by atoms with Gasteiger partial charge in [-0.25, -0.2) is 4.79 Å². The van der Waals surface area contributed by atoms with Crippen molar-refractivity contribution in [2.24, 2.45) is 0 Å². The molecule has 0 fully saturated rings. The van der Waals surface area contributed by atoms with Crippen LogP contribution in [0.1, 0.15) is 195 Å². The van der Waals surface area contributed by atoms with E-state index in [4.69, 9.17) is 4.42 Å². The molecule has 334 valence electrons.